The highest BCUT2D eigenvalue weighted by Crippen LogP contribution is 2.35. The van der Waals surface area contributed by atoms with E-state index in [1.165, 1.54) is 24.3 Å². The lowest BCUT2D eigenvalue weighted by atomic mass is 10.1. The van der Waals surface area contributed by atoms with Crippen molar-refractivity contribution in [3.63, 3.8) is 0 Å². The van der Waals surface area contributed by atoms with Crippen LogP contribution in [0, 0.1) is 18.7 Å². The molecule has 1 heterocycles. The molecule has 1 N–H and O–H groups in total. The van der Waals surface area contributed by atoms with Crippen LogP contribution in [0.4, 0.5) is 10.1 Å². The minimum Gasteiger partial charge on any atom is -0.324 e. The number of nitrogens with zero attached hydrogens (tertiary/aromatic N) is 1. The lowest BCUT2D eigenvalue weighted by Gasteiger charge is -2.30. The molecule has 0 spiro atoms. The molecule has 28 heavy (non-hydrogen) atoms. The second-order valence-corrected chi connectivity index (χ2v) is 8.72. The first kappa shape index (κ1) is 20.4. The van der Waals surface area contributed by atoms with E-state index in [1.807, 2.05) is 25.1 Å². The van der Waals surface area contributed by atoms with Crippen LogP contribution in [0.15, 0.2) is 48.5 Å². The maximum absolute atomic E-state index is 13.3. The number of aryl methyl sites for hydroxylation is 1. The van der Waals surface area contributed by atoms with E-state index in [2.05, 4.69) is 19.2 Å². The third kappa shape index (κ3) is 4.73. The zero-order valence-electron chi connectivity index (χ0n) is 16.3. The van der Waals surface area contributed by atoms with Gasteiger partial charge in [-0.25, -0.2) is 4.39 Å². The van der Waals surface area contributed by atoms with E-state index >= 15 is 0 Å². The monoisotopic (exact) mass is 400 g/mol. The maximum Gasteiger partial charge on any atom is 0.255 e. The van der Waals surface area contributed by atoms with Crippen molar-refractivity contribution in [1.82, 2.24) is 4.90 Å². The molecule has 0 bridgehead atoms. The first-order valence-electron chi connectivity index (χ1n) is 9.42. The Morgan fingerprint density at radius 3 is 2.57 bits per heavy atom. The fourth-order valence-electron chi connectivity index (χ4n) is 3.31. The molecule has 2 unspecified atom stereocenters. The van der Waals surface area contributed by atoms with Crippen molar-refractivity contribution in [2.45, 2.75) is 38.6 Å². The summed E-state index contributed by atoms with van der Waals surface area (Å²) in [6.45, 7) is 6.17. The average Bonchev–Trinajstić information content (AvgIpc) is 3.06. The Morgan fingerprint density at radius 2 is 1.93 bits per heavy atom. The van der Waals surface area contributed by atoms with Crippen molar-refractivity contribution in [1.29, 1.82) is 0 Å². The third-order valence-electron chi connectivity index (χ3n) is 4.68. The number of halogens is 1. The Bertz CT molecular complexity index is 854. The maximum atomic E-state index is 13.3. The van der Waals surface area contributed by atoms with Gasteiger partial charge in [0.25, 0.3) is 5.91 Å². The molecule has 2 aromatic rings. The minimum absolute atomic E-state index is 0.0445. The van der Waals surface area contributed by atoms with Gasteiger partial charge in [-0.2, -0.15) is 0 Å². The Morgan fingerprint density at radius 1 is 1.21 bits per heavy atom. The van der Waals surface area contributed by atoms with Crippen molar-refractivity contribution in [3.05, 3.63) is 65.5 Å². The summed E-state index contributed by atoms with van der Waals surface area (Å²) < 4.78 is 13.1. The topological polar surface area (TPSA) is 49.4 Å². The molecule has 0 radical (unpaired) electrons. The van der Waals surface area contributed by atoms with Crippen molar-refractivity contribution in [3.8, 4) is 0 Å². The van der Waals surface area contributed by atoms with E-state index in [-0.39, 0.29) is 23.0 Å². The zero-order valence-corrected chi connectivity index (χ0v) is 17.1. The summed E-state index contributed by atoms with van der Waals surface area (Å²) in [6, 6.07) is 12.5. The van der Waals surface area contributed by atoms with Gasteiger partial charge in [0.05, 0.1) is 5.37 Å². The second-order valence-electron chi connectivity index (χ2n) is 7.51. The third-order valence-corrected chi connectivity index (χ3v) is 5.99. The van der Waals surface area contributed by atoms with E-state index in [0.717, 1.165) is 12.0 Å². The number of nitrogens with one attached hydrogen (secondary N) is 1. The van der Waals surface area contributed by atoms with Gasteiger partial charge in [0.15, 0.2) is 0 Å². The molecule has 0 aliphatic carbocycles. The number of anilines is 1. The second kappa shape index (κ2) is 8.78. The Hall–Kier alpha value is -2.34. The first-order valence-corrected chi connectivity index (χ1v) is 10.5. The van der Waals surface area contributed by atoms with Gasteiger partial charge < -0.3 is 10.2 Å². The summed E-state index contributed by atoms with van der Waals surface area (Å²) in [5, 5.41) is 2.78. The smallest absolute Gasteiger partial charge is 0.255 e. The molecule has 0 saturated carbocycles. The van der Waals surface area contributed by atoms with Crippen LogP contribution < -0.4 is 5.32 Å². The summed E-state index contributed by atoms with van der Waals surface area (Å²) in [7, 11) is 0. The van der Waals surface area contributed by atoms with Crippen LogP contribution in [0.3, 0.4) is 0 Å². The highest BCUT2D eigenvalue weighted by Gasteiger charge is 2.42. The van der Waals surface area contributed by atoms with Crippen LogP contribution in [-0.4, -0.2) is 33.9 Å². The van der Waals surface area contributed by atoms with E-state index in [0.29, 0.717) is 22.9 Å². The van der Waals surface area contributed by atoms with E-state index in [1.54, 1.807) is 22.7 Å². The van der Waals surface area contributed by atoms with Crippen LogP contribution in [0.1, 0.15) is 36.2 Å². The summed E-state index contributed by atoms with van der Waals surface area (Å²) in [5.41, 5.74) is 2.12. The van der Waals surface area contributed by atoms with Crippen LogP contribution >= 0.6 is 11.8 Å². The summed E-state index contributed by atoms with van der Waals surface area (Å²) in [4.78, 5) is 27.9. The van der Waals surface area contributed by atoms with Gasteiger partial charge in [0, 0.05) is 17.0 Å². The van der Waals surface area contributed by atoms with Crippen LogP contribution in [0.5, 0.6) is 0 Å². The first-order chi connectivity index (χ1) is 13.3. The van der Waals surface area contributed by atoms with Crippen molar-refractivity contribution in [2.75, 3.05) is 11.1 Å². The minimum atomic E-state index is -0.563. The molecule has 2 atom stereocenters. The van der Waals surface area contributed by atoms with Gasteiger partial charge in [0.2, 0.25) is 5.91 Å². The molecule has 3 rings (SSSR count). The molecule has 4 nitrogen and oxygen atoms in total. The largest absolute Gasteiger partial charge is 0.324 e. The lowest BCUT2D eigenvalue weighted by Crippen LogP contribution is -2.48. The van der Waals surface area contributed by atoms with Crippen LogP contribution in [-0.2, 0) is 4.79 Å². The number of carbonyl (C=O) groups is 2. The summed E-state index contributed by atoms with van der Waals surface area (Å²) in [6.07, 6.45) is 0.822. The standard InChI is InChI=1S/C22H25FN2O2S/c1-14(2)11-20-25(22(27)16-6-4-5-15(3)12-16)19(13-28-20)21(26)24-18-9-7-17(23)8-10-18/h4-10,12,14,19-20H,11,13H2,1-3H3,(H,24,26). The number of hydrogen-bond acceptors (Lipinski definition) is 3. The van der Waals surface area contributed by atoms with Crippen LogP contribution in [0.25, 0.3) is 0 Å². The Kier molecular flexibility index (Phi) is 6.39. The number of carbonyl (C=O) groups excluding carboxylic acids is 2. The molecule has 1 saturated heterocycles. The highest BCUT2D eigenvalue weighted by molar-refractivity contribution is 8.00. The normalized spacial score (nSPS) is 19.1. The average molecular weight is 401 g/mol. The van der Waals surface area contributed by atoms with E-state index < -0.39 is 6.04 Å². The van der Waals surface area contributed by atoms with Crippen LogP contribution in [0.2, 0.25) is 0 Å². The van der Waals surface area contributed by atoms with Crippen molar-refractivity contribution in [2.24, 2.45) is 5.92 Å². The van der Waals surface area contributed by atoms with Gasteiger partial charge in [-0.05, 0) is 55.7 Å². The Balaban J connectivity index is 1.84. The van der Waals surface area contributed by atoms with Gasteiger partial charge in [-0.15, -0.1) is 11.8 Å². The molecule has 2 amide bonds. The zero-order chi connectivity index (χ0) is 20.3. The number of amides is 2. The summed E-state index contributed by atoms with van der Waals surface area (Å²) in [5.74, 6) is 0.221. The molecule has 148 valence electrons. The SMILES string of the molecule is Cc1cccc(C(=O)N2C(CC(C)C)SCC2C(=O)Nc2ccc(F)cc2)c1. The Labute approximate surface area is 169 Å². The fraction of sp³-hybridized carbons (Fsp3) is 0.364. The van der Waals surface area contributed by atoms with Gasteiger partial charge in [-0.1, -0.05) is 31.5 Å². The molecule has 0 aromatic heterocycles. The lowest BCUT2D eigenvalue weighted by molar-refractivity contribution is -0.119. The number of rotatable bonds is 5. The summed E-state index contributed by atoms with van der Waals surface area (Å²) >= 11 is 1.64. The fourth-order valence-corrected chi connectivity index (χ4v) is 4.95. The molecule has 1 fully saturated rings. The van der Waals surface area contributed by atoms with E-state index in [9.17, 15) is 14.0 Å². The van der Waals surface area contributed by atoms with E-state index in [4.69, 9.17) is 0 Å². The predicted molar refractivity (Wildman–Crippen MR) is 112 cm³/mol. The molecular formula is C22H25FN2O2S. The van der Waals surface area contributed by atoms with Crippen molar-refractivity contribution < 1.29 is 14.0 Å². The van der Waals surface area contributed by atoms with Crippen molar-refractivity contribution >= 4 is 29.3 Å². The molecule has 1 aliphatic heterocycles. The molecule has 2 aromatic carbocycles. The highest BCUT2D eigenvalue weighted by atomic mass is 32.2. The number of benzene rings is 2. The number of hydrogen-bond donors (Lipinski definition) is 1. The van der Waals surface area contributed by atoms with Gasteiger partial charge >= 0.3 is 0 Å². The quantitative estimate of drug-likeness (QED) is 0.791. The molecule has 1 aliphatic rings. The molecule has 6 heteroatoms. The molecular weight excluding hydrogens is 375 g/mol. The number of thioether (sulfide) groups is 1. The van der Waals surface area contributed by atoms with Gasteiger partial charge in [-0.3, -0.25) is 9.59 Å². The predicted octanol–water partition coefficient (Wildman–Crippen LogP) is 4.70. The van der Waals surface area contributed by atoms with Gasteiger partial charge in [0.1, 0.15) is 11.9 Å².